The number of non-ortho nitro benzene ring substituents is 1. The molecule has 0 atom stereocenters. The van der Waals surface area contributed by atoms with Gasteiger partial charge >= 0.3 is 0 Å². The van der Waals surface area contributed by atoms with Crippen molar-refractivity contribution in [1.29, 1.82) is 0 Å². The molecule has 0 saturated carbocycles. The third kappa shape index (κ3) is 2.56. The number of imide groups is 1. The number of benzene rings is 2. The Hall–Kier alpha value is -2.44. The number of rotatable bonds is 3. The largest absolute Gasteiger partial charge is 0.270 e. The second-order valence-electron chi connectivity index (χ2n) is 4.88. The molecular weight excluding hydrogens is 343 g/mol. The molecule has 0 aliphatic carbocycles. The molecule has 0 radical (unpaired) electrons. The summed E-state index contributed by atoms with van der Waals surface area (Å²) >= 11 is 12.1. The van der Waals surface area contributed by atoms with Gasteiger partial charge in [0.25, 0.3) is 17.5 Å². The van der Waals surface area contributed by atoms with Crippen LogP contribution in [0.1, 0.15) is 26.3 Å². The summed E-state index contributed by atoms with van der Waals surface area (Å²) in [6.45, 7) is -0.0986. The van der Waals surface area contributed by atoms with Gasteiger partial charge in [0.05, 0.1) is 22.6 Å². The molecule has 0 fully saturated rings. The summed E-state index contributed by atoms with van der Waals surface area (Å²) in [5.74, 6) is -1.14. The van der Waals surface area contributed by atoms with Crippen LogP contribution in [-0.2, 0) is 6.54 Å². The van der Waals surface area contributed by atoms with Crippen molar-refractivity contribution in [3.05, 3.63) is 73.2 Å². The average Bonchev–Trinajstić information content (AvgIpc) is 2.75. The summed E-state index contributed by atoms with van der Waals surface area (Å²) in [4.78, 5) is 35.9. The lowest BCUT2D eigenvalue weighted by Gasteiger charge is -2.15. The number of amides is 2. The molecule has 3 rings (SSSR count). The molecule has 1 aliphatic heterocycles. The maximum absolute atomic E-state index is 12.4. The summed E-state index contributed by atoms with van der Waals surface area (Å²) in [5.41, 5.74) is 0.332. The van der Waals surface area contributed by atoms with Crippen LogP contribution in [-0.4, -0.2) is 21.6 Å². The smallest absolute Gasteiger partial charge is 0.270 e. The van der Waals surface area contributed by atoms with Crippen molar-refractivity contribution in [1.82, 2.24) is 4.90 Å². The molecule has 0 N–H and O–H groups in total. The fourth-order valence-corrected chi connectivity index (χ4v) is 2.89. The van der Waals surface area contributed by atoms with Crippen molar-refractivity contribution in [3.8, 4) is 0 Å². The molecule has 2 aromatic carbocycles. The minimum Gasteiger partial charge on any atom is -0.270 e. The standard InChI is InChI=1S/C15H8Cl2N2O4/c16-12-2-1-3-13(17)11(12)7-18-14(20)9-5-4-8(19(22)23)6-10(9)15(18)21/h1-6H,7H2. The molecule has 2 aromatic rings. The van der Waals surface area contributed by atoms with E-state index in [2.05, 4.69) is 0 Å². The Labute approximate surface area is 140 Å². The number of nitro benzene ring substituents is 1. The summed E-state index contributed by atoms with van der Waals surface area (Å²) in [6, 6.07) is 8.43. The second kappa shape index (κ2) is 5.64. The summed E-state index contributed by atoms with van der Waals surface area (Å²) < 4.78 is 0. The van der Waals surface area contributed by atoms with Crippen molar-refractivity contribution >= 4 is 40.7 Å². The van der Waals surface area contributed by atoms with Crippen molar-refractivity contribution in [3.63, 3.8) is 0 Å². The lowest BCUT2D eigenvalue weighted by molar-refractivity contribution is -0.384. The molecule has 8 heteroatoms. The quantitative estimate of drug-likeness (QED) is 0.480. The number of nitro groups is 1. The van der Waals surface area contributed by atoms with Gasteiger partial charge in [-0.25, -0.2) is 0 Å². The minimum atomic E-state index is -0.619. The number of hydrogen-bond donors (Lipinski definition) is 0. The zero-order chi connectivity index (χ0) is 16.7. The molecule has 0 unspecified atom stereocenters. The van der Waals surface area contributed by atoms with Crippen LogP contribution in [0.3, 0.4) is 0 Å². The molecule has 0 saturated heterocycles. The van der Waals surface area contributed by atoms with Crippen LogP contribution in [0.15, 0.2) is 36.4 Å². The fourth-order valence-electron chi connectivity index (χ4n) is 2.38. The SMILES string of the molecule is O=C1c2ccc([N+](=O)[O-])cc2C(=O)N1Cc1c(Cl)cccc1Cl. The van der Waals surface area contributed by atoms with E-state index in [9.17, 15) is 19.7 Å². The van der Waals surface area contributed by atoms with E-state index in [4.69, 9.17) is 23.2 Å². The molecule has 1 heterocycles. The van der Waals surface area contributed by atoms with Crippen molar-refractivity contribution in [2.24, 2.45) is 0 Å². The van der Waals surface area contributed by atoms with Gasteiger partial charge in [-0.3, -0.25) is 24.6 Å². The average molecular weight is 351 g/mol. The van der Waals surface area contributed by atoms with Gasteiger partial charge in [-0.2, -0.15) is 0 Å². The van der Waals surface area contributed by atoms with Crippen LogP contribution < -0.4 is 0 Å². The zero-order valence-electron chi connectivity index (χ0n) is 11.5. The Balaban J connectivity index is 1.99. The Morgan fingerprint density at radius 3 is 2.22 bits per heavy atom. The third-order valence-corrected chi connectivity index (χ3v) is 4.25. The van der Waals surface area contributed by atoms with Crippen molar-refractivity contribution in [2.45, 2.75) is 6.54 Å². The first-order valence-electron chi connectivity index (χ1n) is 6.47. The van der Waals surface area contributed by atoms with Crippen molar-refractivity contribution in [2.75, 3.05) is 0 Å². The van der Waals surface area contributed by atoms with Crippen molar-refractivity contribution < 1.29 is 14.5 Å². The lowest BCUT2D eigenvalue weighted by atomic mass is 10.1. The van der Waals surface area contributed by atoms with Crippen LogP contribution in [0.2, 0.25) is 10.0 Å². The van der Waals surface area contributed by atoms with Gasteiger partial charge in [-0.1, -0.05) is 29.3 Å². The highest BCUT2D eigenvalue weighted by Crippen LogP contribution is 2.31. The van der Waals surface area contributed by atoms with Crippen LogP contribution in [0.4, 0.5) is 5.69 Å². The van der Waals surface area contributed by atoms with Gasteiger partial charge in [0, 0.05) is 27.7 Å². The van der Waals surface area contributed by atoms with Crippen LogP contribution in [0.25, 0.3) is 0 Å². The fraction of sp³-hybridized carbons (Fsp3) is 0.0667. The zero-order valence-corrected chi connectivity index (χ0v) is 13.0. The highest BCUT2D eigenvalue weighted by Gasteiger charge is 2.37. The number of carbonyl (C=O) groups excluding carboxylic acids is 2. The molecule has 2 amide bonds. The van der Waals surface area contributed by atoms with Crippen LogP contribution in [0, 0.1) is 10.1 Å². The Bertz CT molecular complexity index is 846. The van der Waals surface area contributed by atoms with E-state index >= 15 is 0 Å². The minimum absolute atomic E-state index is 0.00683. The predicted molar refractivity (Wildman–Crippen MR) is 83.8 cm³/mol. The normalized spacial score (nSPS) is 13.4. The first kappa shape index (κ1) is 15.5. The number of carbonyl (C=O) groups is 2. The Morgan fingerprint density at radius 2 is 1.61 bits per heavy atom. The lowest BCUT2D eigenvalue weighted by Crippen LogP contribution is -2.29. The number of fused-ring (bicyclic) bond motifs is 1. The van der Waals surface area contributed by atoms with E-state index in [1.54, 1.807) is 18.2 Å². The summed E-state index contributed by atoms with van der Waals surface area (Å²) in [7, 11) is 0. The van der Waals surface area contributed by atoms with Gasteiger partial charge in [0.15, 0.2) is 0 Å². The topological polar surface area (TPSA) is 80.5 Å². The number of nitrogens with zero attached hydrogens (tertiary/aromatic N) is 2. The maximum Gasteiger partial charge on any atom is 0.270 e. The van der Waals surface area contributed by atoms with E-state index in [-0.39, 0.29) is 23.4 Å². The third-order valence-electron chi connectivity index (χ3n) is 3.54. The van der Waals surface area contributed by atoms with Crippen LogP contribution in [0.5, 0.6) is 0 Å². The molecule has 0 aromatic heterocycles. The maximum atomic E-state index is 12.4. The number of hydrogen-bond acceptors (Lipinski definition) is 4. The first-order valence-corrected chi connectivity index (χ1v) is 7.23. The van der Waals surface area contributed by atoms with E-state index < -0.39 is 16.7 Å². The predicted octanol–water partition coefficient (Wildman–Crippen LogP) is 3.70. The monoisotopic (exact) mass is 350 g/mol. The molecule has 23 heavy (non-hydrogen) atoms. The van der Waals surface area contributed by atoms with E-state index in [1.807, 2.05) is 0 Å². The summed E-state index contributed by atoms with van der Waals surface area (Å²) in [5, 5.41) is 11.5. The Morgan fingerprint density at radius 1 is 1.00 bits per heavy atom. The Kier molecular flexibility index (Phi) is 3.79. The molecule has 6 nitrogen and oxygen atoms in total. The summed E-state index contributed by atoms with van der Waals surface area (Å²) in [6.07, 6.45) is 0. The molecule has 116 valence electrons. The molecule has 0 spiro atoms. The van der Waals surface area contributed by atoms with Gasteiger partial charge < -0.3 is 0 Å². The van der Waals surface area contributed by atoms with E-state index in [0.29, 0.717) is 15.6 Å². The number of halogens is 2. The second-order valence-corrected chi connectivity index (χ2v) is 5.70. The van der Waals surface area contributed by atoms with Gasteiger partial charge in [-0.05, 0) is 18.2 Å². The molecule has 0 bridgehead atoms. The van der Waals surface area contributed by atoms with E-state index in [1.165, 1.54) is 12.1 Å². The van der Waals surface area contributed by atoms with Crippen LogP contribution >= 0.6 is 23.2 Å². The highest BCUT2D eigenvalue weighted by molar-refractivity contribution is 6.36. The molecule has 1 aliphatic rings. The van der Waals surface area contributed by atoms with Gasteiger partial charge in [-0.15, -0.1) is 0 Å². The van der Waals surface area contributed by atoms with Gasteiger partial charge in [0.2, 0.25) is 0 Å². The van der Waals surface area contributed by atoms with E-state index in [0.717, 1.165) is 11.0 Å². The highest BCUT2D eigenvalue weighted by atomic mass is 35.5. The first-order chi connectivity index (χ1) is 10.9. The van der Waals surface area contributed by atoms with Gasteiger partial charge in [0.1, 0.15) is 0 Å². The molecular formula is C15H8Cl2N2O4.